The van der Waals surface area contributed by atoms with Crippen LogP contribution in [0, 0.1) is 5.92 Å². The number of esters is 2. The van der Waals surface area contributed by atoms with Gasteiger partial charge >= 0.3 is 11.9 Å². The fourth-order valence-electron chi connectivity index (χ4n) is 6.09. The van der Waals surface area contributed by atoms with Crippen LogP contribution in [0.15, 0.2) is 0 Å². The SMILES string of the molecule is CN1CCCCCCCCC(SCCC(=O)OC(C)(C)CCOC(C)(C)C)C(SCCC(=O)OC(C)(C)CCOC(C)(C)C)C2CC21. The van der Waals surface area contributed by atoms with Crippen molar-refractivity contribution in [3.8, 4) is 0 Å². The molecule has 9 heteroatoms. The van der Waals surface area contributed by atoms with Crippen molar-refractivity contribution in [3.05, 3.63) is 0 Å². The Hall–Kier alpha value is -0.480. The van der Waals surface area contributed by atoms with Gasteiger partial charge in [-0.2, -0.15) is 23.5 Å². The highest BCUT2D eigenvalue weighted by Gasteiger charge is 2.48. The van der Waals surface area contributed by atoms with Crippen molar-refractivity contribution in [3.63, 3.8) is 0 Å². The molecule has 0 radical (unpaired) electrons. The van der Waals surface area contributed by atoms with E-state index in [1.54, 1.807) is 0 Å². The third-order valence-electron chi connectivity index (χ3n) is 8.92. The number of carbonyl (C=O) groups excluding carboxylic acids is 2. The van der Waals surface area contributed by atoms with Crippen LogP contribution in [0.1, 0.15) is 146 Å². The maximum Gasteiger partial charge on any atom is 0.307 e. The lowest BCUT2D eigenvalue weighted by Gasteiger charge is -2.30. The van der Waals surface area contributed by atoms with Crippen molar-refractivity contribution in [1.29, 1.82) is 0 Å². The monoisotopic (exact) mass is 701 g/mol. The molecule has 0 aromatic heterocycles. The summed E-state index contributed by atoms with van der Waals surface area (Å²) in [6.45, 7) is 22.4. The summed E-state index contributed by atoms with van der Waals surface area (Å²) in [5.41, 5.74) is -1.51. The molecule has 47 heavy (non-hydrogen) atoms. The van der Waals surface area contributed by atoms with Crippen molar-refractivity contribution in [2.75, 3.05) is 38.3 Å². The van der Waals surface area contributed by atoms with Gasteiger partial charge in [-0.3, -0.25) is 9.59 Å². The lowest BCUT2D eigenvalue weighted by Crippen LogP contribution is -2.32. The van der Waals surface area contributed by atoms with Gasteiger partial charge in [0.05, 0.1) is 37.3 Å². The van der Waals surface area contributed by atoms with Crippen LogP contribution < -0.4 is 0 Å². The van der Waals surface area contributed by atoms with E-state index >= 15 is 0 Å². The Labute approximate surface area is 297 Å². The highest BCUT2D eigenvalue weighted by molar-refractivity contribution is 8.03. The molecule has 4 unspecified atom stereocenters. The smallest absolute Gasteiger partial charge is 0.307 e. The zero-order valence-electron chi connectivity index (χ0n) is 32.0. The van der Waals surface area contributed by atoms with Gasteiger partial charge in [-0.05, 0) is 108 Å². The van der Waals surface area contributed by atoms with E-state index in [2.05, 4.69) is 11.9 Å². The molecule has 0 bridgehead atoms. The van der Waals surface area contributed by atoms with Crippen LogP contribution in [0.2, 0.25) is 0 Å². The summed E-state index contributed by atoms with van der Waals surface area (Å²) in [7, 11) is 2.29. The minimum atomic E-state index is -0.551. The predicted molar refractivity (Wildman–Crippen MR) is 200 cm³/mol. The van der Waals surface area contributed by atoms with Gasteiger partial charge in [0, 0.05) is 40.9 Å². The Morgan fingerprint density at radius 3 is 1.66 bits per heavy atom. The largest absolute Gasteiger partial charge is 0.460 e. The molecule has 1 heterocycles. The Bertz CT molecular complexity index is 928. The molecule has 2 rings (SSSR count). The van der Waals surface area contributed by atoms with E-state index in [4.69, 9.17) is 18.9 Å². The molecule has 0 aromatic rings. The van der Waals surface area contributed by atoms with Gasteiger partial charge in [-0.15, -0.1) is 0 Å². The number of hydrogen-bond donors (Lipinski definition) is 0. The van der Waals surface area contributed by atoms with Crippen LogP contribution >= 0.6 is 23.5 Å². The van der Waals surface area contributed by atoms with Gasteiger partial charge in [0.2, 0.25) is 0 Å². The normalized spacial score (nSPS) is 24.0. The third kappa shape index (κ3) is 19.5. The maximum atomic E-state index is 13.0. The molecule has 276 valence electrons. The lowest BCUT2D eigenvalue weighted by molar-refractivity contribution is -0.159. The fourth-order valence-corrected chi connectivity index (χ4v) is 9.32. The highest BCUT2D eigenvalue weighted by Crippen LogP contribution is 2.48. The molecule has 1 saturated heterocycles. The molecule has 2 aliphatic rings. The molecule has 0 spiro atoms. The zero-order chi connectivity index (χ0) is 35.3. The van der Waals surface area contributed by atoms with E-state index in [0.717, 1.165) is 17.9 Å². The number of thioether (sulfide) groups is 2. The first-order valence-corrected chi connectivity index (χ1v) is 20.5. The van der Waals surface area contributed by atoms with Gasteiger partial charge in [0.1, 0.15) is 11.2 Å². The number of rotatable bonds is 16. The summed E-state index contributed by atoms with van der Waals surface area (Å²) >= 11 is 3.92. The Kier molecular flexibility index (Phi) is 18.0. The third-order valence-corrected chi connectivity index (χ3v) is 12.0. The summed E-state index contributed by atoms with van der Waals surface area (Å²) in [6, 6.07) is 0.617. The van der Waals surface area contributed by atoms with Crippen LogP contribution in [0.3, 0.4) is 0 Å². The second kappa shape index (κ2) is 19.8. The average Bonchev–Trinajstić information content (AvgIpc) is 3.69. The zero-order valence-corrected chi connectivity index (χ0v) is 33.7. The van der Waals surface area contributed by atoms with Gasteiger partial charge in [-0.25, -0.2) is 0 Å². The molecule has 2 fully saturated rings. The van der Waals surface area contributed by atoms with Crippen LogP contribution in [0.25, 0.3) is 0 Å². The minimum absolute atomic E-state index is 0.130. The van der Waals surface area contributed by atoms with Gasteiger partial charge in [0.25, 0.3) is 0 Å². The predicted octanol–water partition coefficient (Wildman–Crippen LogP) is 9.09. The highest BCUT2D eigenvalue weighted by atomic mass is 32.2. The number of nitrogens with zero attached hydrogens (tertiary/aromatic N) is 1. The van der Waals surface area contributed by atoms with Crippen LogP contribution in [0.5, 0.6) is 0 Å². The number of hydrogen-bond acceptors (Lipinski definition) is 9. The van der Waals surface area contributed by atoms with Crippen molar-refractivity contribution >= 4 is 35.5 Å². The topological polar surface area (TPSA) is 74.3 Å². The Morgan fingerprint density at radius 2 is 1.15 bits per heavy atom. The number of ether oxygens (including phenoxy) is 4. The average molecular weight is 702 g/mol. The van der Waals surface area contributed by atoms with E-state index in [9.17, 15) is 9.59 Å². The number of carbonyl (C=O) groups is 2. The first-order valence-electron chi connectivity index (χ1n) is 18.4. The molecule has 1 aliphatic carbocycles. The minimum Gasteiger partial charge on any atom is -0.460 e. The van der Waals surface area contributed by atoms with Crippen LogP contribution in [-0.2, 0) is 28.5 Å². The Balaban J connectivity index is 1.99. The standard InChI is InChI=1S/C38H71NO6S2/c1-35(2,3)42-24-21-37(7,8)44-32(40)19-26-46-31-18-16-14-12-13-15-17-23-39(11)30-28-29(30)34(31)47-27-20-33(41)45-38(9,10)22-25-43-36(4,5)6/h29-31,34H,12-28H2,1-11H3. The van der Waals surface area contributed by atoms with Crippen molar-refractivity contribution in [2.24, 2.45) is 5.92 Å². The van der Waals surface area contributed by atoms with E-state index in [0.29, 0.717) is 61.4 Å². The Morgan fingerprint density at radius 1 is 0.681 bits per heavy atom. The summed E-state index contributed by atoms with van der Waals surface area (Å²) < 4.78 is 23.6. The second-order valence-electron chi connectivity index (χ2n) is 17.0. The van der Waals surface area contributed by atoms with Crippen molar-refractivity contribution in [2.45, 2.75) is 185 Å². The molecular formula is C38H71NO6S2. The molecular weight excluding hydrogens is 631 g/mol. The van der Waals surface area contributed by atoms with Crippen LogP contribution in [0.4, 0.5) is 0 Å². The van der Waals surface area contributed by atoms with Gasteiger partial charge in [-0.1, -0.05) is 32.1 Å². The number of fused-ring (bicyclic) bond motifs is 1. The van der Waals surface area contributed by atoms with Crippen molar-refractivity contribution in [1.82, 2.24) is 4.90 Å². The summed E-state index contributed by atoms with van der Waals surface area (Å²) in [4.78, 5) is 28.5. The van der Waals surface area contributed by atoms with Gasteiger partial charge in [0.15, 0.2) is 0 Å². The molecule has 0 N–H and O–H groups in total. The molecule has 7 nitrogen and oxygen atoms in total. The molecule has 1 aliphatic heterocycles. The van der Waals surface area contributed by atoms with E-state index in [-0.39, 0.29) is 23.1 Å². The second-order valence-corrected chi connectivity index (χ2v) is 19.6. The first-order chi connectivity index (χ1) is 21.8. The summed E-state index contributed by atoms with van der Waals surface area (Å²) in [6.07, 6.45) is 12.3. The van der Waals surface area contributed by atoms with Crippen molar-refractivity contribution < 1.29 is 28.5 Å². The van der Waals surface area contributed by atoms with E-state index < -0.39 is 11.2 Å². The maximum absolute atomic E-state index is 13.0. The lowest BCUT2D eigenvalue weighted by atomic mass is 10.1. The summed E-state index contributed by atoms with van der Waals surface area (Å²) in [5, 5.41) is 0.906. The fraction of sp³-hybridized carbons (Fsp3) is 0.947. The summed E-state index contributed by atoms with van der Waals surface area (Å²) in [5.74, 6) is 1.88. The quantitative estimate of drug-likeness (QED) is 0.147. The van der Waals surface area contributed by atoms with E-state index in [1.807, 2.05) is 92.8 Å². The molecule has 0 aromatic carbocycles. The molecule has 4 atom stereocenters. The molecule has 1 saturated carbocycles. The van der Waals surface area contributed by atoms with Gasteiger partial charge < -0.3 is 23.8 Å². The first kappa shape index (κ1) is 42.7. The molecule has 0 amide bonds. The van der Waals surface area contributed by atoms with Crippen LogP contribution in [-0.4, -0.2) is 94.1 Å². The van der Waals surface area contributed by atoms with E-state index in [1.165, 1.54) is 51.5 Å².